The van der Waals surface area contributed by atoms with Crippen LogP contribution >= 0.6 is 0 Å². The maximum Gasteiger partial charge on any atom is 0.125 e. The third-order valence-electron chi connectivity index (χ3n) is 2.85. The van der Waals surface area contributed by atoms with E-state index in [4.69, 9.17) is 0 Å². The number of aryl methyl sites for hydroxylation is 1. The van der Waals surface area contributed by atoms with Crippen molar-refractivity contribution in [2.75, 3.05) is 5.32 Å². The van der Waals surface area contributed by atoms with Gasteiger partial charge < -0.3 is 5.32 Å². The van der Waals surface area contributed by atoms with E-state index in [-0.39, 0.29) is 5.82 Å². The predicted octanol–water partition coefficient (Wildman–Crippen LogP) is 3.52. The molecule has 0 aliphatic rings. The Labute approximate surface area is 107 Å². The highest BCUT2D eigenvalue weighted by Gasteiger charge is 2.04. The molecule has 3 nitrogen and oxygen atoms in total. The van der Waals surface area contributed by atoms with Gasteiger partial charge in [-0.25, -0.2) is 4.39 Å². The Kier molecular flexibility index (Phi) is 3.65. The van der Waals surface area contributed by atoms with Gasteiger partial charge in [0.1, 0.15) is 5.82 Å². The molecule has 1 heterocycles. The molecule has 2 aromatic rings. The molecule has 1 N–H and O–H groups in total. The number of aromatic nitrogens is 2. The number of benzene rings is 1. The first-order valence-electron chi connectivity index (χ1n) is 6.10. The van der Waals surface area contributed by atoms with E-state index in [1.165, 1.54) is 12.1 Å². The Morgan fingerprint density at radius 3 is 2.78 bits per heavy atom. The molecule has 0 fully saturated rings. The molecule has 0 spiro atoms. The smallest absolute Gasteiger partial charge is 0.125 e. The van der Waals surface area contributed by atoms with Gasteiger partial charge in [0, 0.05) is 17.9 Å². The summed E-state index contributed by atoms with van der Waals surface area (Å²) in [5.74, 6) is -0.226. The standard InChI is InChI=1S/C14H18FN3/c1-10(2)18-7-6-13(17-18)9-16-14-8-12(15)5-4-11(14)3/h4-8,10,16H,9H2,1-3H3. The quantitative estimate of drug-likeness (QED) is 0.895. The third-order valence-corrected chi connectivity index (χ3v) is 2.85. The van der Waals surface area contributed by atoms with Crippen LogP contribution in [0.2, 0.25) is 0 Å². The monoisotopic (exact) mass is 247 g/mol. The van der Waals surface area contributed by atoms with Crippen molar-refractivity contribution in [1.82, 2.24) is 9.78 Å². The zero-order chi connectivity index (χ0) is 13.1. The summed E-state index contributed by atoms with van der Waals surface area (Å²) in [6.07, 6.45) is 1.96. The van der Waals surface area contributed by atoms with Crippen LogP contribution in [0.3, 0.4) is 0 Å². The first-order valence-corrected chi connectivity index (χ1v) is 6.10. The Morgan fingerprint density at radius 2 is 2.11 bits per heavy atom. The van der Waals surface area contributed by atoms with Gasteiger partial charge in [0.2, 0.25) is 0 Å². The van der Waals surface area contributed by atoms with Crippen molar-refractivity contribution in [3.8, 4) is 0 Å². The van der Waals surface area contributed by atoms with Gasteiger partial charge in [0.25, 0.3) is 0 Å². The van der Waals surface area contributed by atoms with Crippen molar-refractivity contribution in [1.29, 1.82) is 0 Å². The Morgan fingerprint density at radius 1 is 1.33 bits per heavy atom. The number of nitrogens with zero attached hydrogens (tertiary/aromatic N) is 2. The second-order valence-corrected chi connectivity index (χ2v) is 4.69. The predicted molar refractivity (Wildman–Crippen MR) is 71.1 cm³/mol. The molecule has 0 saturated heterocycles. The molecule has 0 unspecified atom stereocenters. The average molecular weight is 247 g/mol. The molecule has 0 aliphatic carbocycles. The van der Waals surface area contributed by atoms with Crippen LogP contribution in [0.25, 0.3) is 0 Å². The summed E-state index contributed by atoms with van der Waals surface area (Å²) in [6.45, 7) is 6.72. The van der Waals surface area contributed by atoms with E-state index in [9.17, 15) is 4.39 Å². The van der Waals surface area contributed by atoms with Crippen LogP contribution in [0.15, 0.2) is 30.5 Å². The average Bonchev–Trinajstić information content (AvgIpc) is 2.79. The number of rotatable bonds is 4. The topological polar surface area (TPSA) is 29.9 Å². The molecule has 0 bridgehead atoms. The van der Waals surface area contributed by atoms with E-state index in [0.29, 0.717) is 12.6 Å². The second kappa shape index (κ2) is 5.21. The van der Waals surface area contributed by atoms with Crippen molar-refractivity contribution in [2.24, 2.45) is 0 Å². The van der Waals surface area contributed by atoms with Crippen LogP contribution in [0, 0.1) is 12.7 Å². The van der Waals surface area contributed by atoms with Crippen LogP contribution in [0.5, 0.6) is 0 Å². The Balaban J connectivity index is 2.04. The van der Waals surface area contributed by atoms with E-state index in [0.717, 1.165) is 16.9 Å². The molecule has 2 rings (SSSR count). The molecule has 1 aromatic carbocycles. The molecular weight excluding hydrogens is 229 g/mol. The van der Waals surface area contributed by atoms with Gasteiger partial charge in [-0.3, -0.25) is 4.68 Å². The molecular formula is C14H18FN3. The zero-order valence-electron chi connectivity index (χ0n) is 10.9. The summed E-state index contributed by atoms with van der Waals surface area (Å²) in [7, 11) is 0. The molecule has 1 aromatic heterocycles. The minimum atomic E-state index is -0.226. The van der Waals surface area contributed by atoms with Gasteiger partial charge in [-0.1, -0.05) is 6.07 Å². The number of nitrogens with one attached hydrogen (secondary N) is 1. The largest absolute Gasteiger partial charge is 0.379 e. The molecule has 4 heteroatoms. The van der Waals surface area contributed by atoms with Crippen LogP contribution in [0.1, 0.15) is 31.1 Å². The third kappa shape index (κ3) is 2.88. The first kappa shape index (κ1) is 12.6. The highest BCUT2D eigenvalue weighted by molar-refractivity contribution is 5.50. The SMILES string of the molecule is Cc1ccc(F)cc1NCc1ccn(C(C)C)n1. The minimum Gasteiger partial charge on any atom is -0.379 e. The van der Waals surface area contributed by atoms with Crippen molar-refractivity contribution in [3.05, 3.63) is 47.5 Å². The Bertz CT molecular complexity index is 532. The minimum absolute atomic E-state index is 0.226. The molecule has 0 radical (unpaired) electrons. The molecule has 0 amide bonds. The fourth-order valence-electron chi connectivity index (χ4n) is 1.73. The van der Waals surface area contributed by atoms with Gasteiger partial charge in [-0.05, 0) is 44.5 Å². The zero-order valence-corrected chi connectivity index (χ0v) is 10.9. The summed E-state index contributed by atoms with van der Waals surface area (Å²) in [6, 6.07) is 7.07. The fraction of sp³-hybridized carbons (Fsp3) is 0.357. The normalized spacial score (nSPS) is 10.9. The molecule has 96 valence electrons. The summed E-state index contributed by atoms with van der Waals surface area (Å²) in [4.78, 5) is 0. The van der Waals surface area contributed by atoms with E-state index in [1.807, 2.05) is 23.9 Å². The number of anilines is 1. The first-order chi connectivity index (χ1) is 8.56. The number of hydrogen-bond acceptors (Lipinski definition) is 2. The number of hydrogen-bond donors (Lipinski definition) is 1. The van der Waals surface area contributed by atoms with Crippen molar-refractivity contribution >= 4 is 5.69 Å². The van der Waals surface area contributed by atoms with Crippen molar-refractivity contribution in [2.45, 2.75) is 33.4 Å². The van der Waals surface area contributed by atoms with Crippen LogP contribution in [0.4, 0.5) is 10.1 Å². The lowest BCUT2D eigenvalue weighted by Gasteiger charge is -2.08. The molecule has 0 saturated carbocycles. The van der Waals surface area contributed by atoms with Crippen LogP contribution < -0.4 is 5.32 Å². The summed E-state index contributed by atoms with van der Waals surface area (Å²) in [5.41, 5.74) is 2.79. The summed E-state index contributed by atoms with van der Waals surface area (Å²) < 4.78 is 15.0. The molecule has 0 atom stereocenters. The molecule has 0 aliphatic heterocycles. The van der Waals surface area contributed by atoms with Gasteiger partial charge in [0.05, 0.1) is 12.2 Å². The second-order valence-electron chi connectivity index (χ2n) is 4.69. The van der Waals surface area contributed by atoms with Gasteiger partial charge in [0.15, 0.2) is 0 Å². The lowest BCUT2D eigenvalue weighted by molar-refractivity contribution is 0.527. The maximum atomic E-state index is 13.1. The fourth-order valence-corrected chi connectivity index (χ4v) is 1.73. The van der Waals surface area contributed by atoms with Crippen LogP contribution in [-0.4, -0.2) is 9.78 Å². The molecule has 18 heavy (non-hydrogen) atoms. The van der Waals surface area contributed by atoms with Crippen molar-refractivity contribution in [3.63, 3.8) is 0 Å². The lowest BCUT2D eigenvalue weighted by Crippen LogP contribution is -2.05. The summed E-state index contributed by atoms with van der Waals surface area (Å²) >= 11 is 0. The van der Waals surface area contributed by atoms with E-state index < -0.39 is 0 Å². The van der Waals surface area contributed by atoms with Gasteiger partial charge in [-0.15, -0.1) is 0 Å². The van der Waals surface area contributed by atoms with E-state index in [2.05, 4.69) is 24.3 Å². The van der Waals surface area contributed by atoms with Gasteiger partial charge >= 0.3 is 0 Å². The Hall–Kier alpha value is -1.84. The highest BCUT2D eigenvalue weighted by atomic mass is 19.1. The van der Waals surface area contributed by atoms with Gasteiger partial charge in [-0.2, -0.15) is 5.10 Å². The highest BCUT2D eigenvalue weighted by Crippen LogP contribution is 2.16. The van der Waals surface area contributed by atoms with Crippen LogP contribution in [-0.2, 0) is 6.54 Å². The van der Waals surface area contributed by atoms with E-state index >= 15 is 0 Å². The van der Waals surface area contributed by atoms with E-state index in [1.54, 1.807) is 6.07 Å². The maximum absolute atomic E-state index is 13.1. The summed E-state index contributed by atoms with van der Waals surface area (Å²) in [5, 5.41) is 7.64. The van der Waals surface area contributed by atoms with Crippen molar-refractivity contribution < 1.29 is 4.39 Å². The number of halogens is 1. The lowest BCUT2D eigenvalue weighted by atomic mass is 10.2.